The Bertz CT molecular complexity index is 372. The Kier molecular flexibility index (Phi) is 8.08. The highest BCUT2D eigenvalue weighted by Crippen LogP contribution is 2.61. The lowest BCUT2D eigenvalue weighted by Gasteiger charge is -2.19. The van der Waals surface area contributed by atoms with Gasteiger partial charge >= 0.3 is 21.2 Å². The van der Waals surface area contributed by atoms with E-state index in [0.717, 1.165) is 0 Å². The summed E-state index contributed by atoms with van der Waals surface area (Å²) in [5, 5.41) is -2.22. The number of methoxy groups -OCH3 is 2. The van der Waals surface area contributed by atoms with E-state index in [4.69, 9.17) is 29.0 Å². The van der Waals surface area contributed by atoms with Crippen molar-refractivity contribution >= 4 is 21.2 Å². The lowest BCUT2D eigenvalue weighted by atomic mass is 10.3. The topological polar surface area (TPSA) is 160 Å². The molecular weight excluding hydrogens is 318 g/mol. The third-order valence-corrected chi connectivity index (χ3v) is 6.16. The van der Waals surface area contributed by atoms with Gasteiger partial charge in [-0.15, -0.1) is 0 Å². The van der Waals surface area contributed by atoms with E-state index in [1.807, 2.05) is 0 Å². The van der Waals surface area contributed by atoms with Crippen LogP contribution in [0.15, 0.2) is 0 Å². The van der Waals surface area contributed by atoms with Crippen molar-refractivity contribution in [2.45, 2.75) is 24.5 Å². The first-order valence-electron chi connectivity index (χ1n) is 5.34. The molecule has 0 heterocycles. The first-order valence-corrected chi connectivity index (χ1v) is 8.70. The molecule has 4 N–H and O–H groups in total. The number of hydrogen-bond acceptors (Lipinski definition) is 6. The highest BCUT2D eigenvalue weighted by Gasteiger charge is 2.43. The Labute approximate surface area is 115 Å². The van der Waals surface area contributed by atoms with Crippen LogP contribution < -0.4 is 0 Å². The molecule has 20 heavy (non-hydrogen) atoms. The zero-order valence-corrected chi connectivity index (χ0v) is 12.7. The first-order chi connectivity index (χ1) is 9.02. The second-order valence-corrected chi connectivity index (χ2v) is 7.79. The Morgan fingerprint density at radius 3 is 1.85 bits per heavy atom. The average Bonchev–Trinajstić information content (AvgIpc) is 2.26. The van der Waals surface area contributed by atoms with Gasteiger partial charge in [-0.2, -0.15) is 0 Å². The highest BCUT2D eigenvalue weighted by molar-refractivity contribution is 7.70. The van der Waals surface area contributed by atoms with Gasteiger partial charge in [0.2, 0.25) is 0 Å². The second kappa shape index (κ2) is 8.21. The van der Waals surface area contributed by atoms with Crippen LogP contribution in [0.4, 0.5) is 0 Å². The van der Waals surface area contributed by atoms with Crippen LogP contribution in [0.2, 0.25) is 0 Å². The Morgan fingerprint density at radius 1 is 1.05 bits per heavy atom. The monoisotopic (exact) mass is 336 g/mol. The van der Waals surface area contributed by atoms with Gasteiger partial charge in [0.1, 0.15) is 6.61 Å². The standard InChI is InChI=1S/C8H18O10P2/c1-16-7(17-2)5-18-6(9)3-4-8(19(10,11)12)20(13,14)15/h7-8H,3-5H2,1-2H3,(H2,10,11,12)(H2,13,14,15). The zero-order valence-electron chi connectivity index (χ0n) is 10.9. The molecule has 0 aromatic heterocycles. The molecule has 12 heteroatoms. The highest BCUT2D eigenvalue weighted by atomic mass is 31.2. The number of carbonyl (C=O) groups excluding carboxylic acids is 1. The van der Waals surface area contributed by atoms with Gasteiger partial charge < -0.3 is 33.8 Å². The van der Waals surface area contributed by atoms with Crippen LogP contribution in [-0.4, -0.2) is 58.1 Å². The molecule has 0 aliphatic heterocycles. The number of ether oxygens (including phenoxy) is 3. The third-order valence-electron chi connectivity index (χ3n) is 2.29. The van der Waals surface area contributed by atoms with Gasteiger partial charge in [-0.3, -0.25) is 13.9 Å². The van der Waals surface area contributed by atoms with Gasteiger partial charge in [0.25, 0.3) is 0 Å². The fourth-order valence-corrected chi connectivity index (χ4v) is 3.74. The summed E-state index contributed by atoms with van der Waals surface area (Å²) in [7, 11) is -7.41. The van der Waals surface area contributed by atoms with Crippen molar-refractivity contribution < 1.29 is 47.7 Å². The van der Waals surface area contributed by atoms with Gasteiger partial charge in [-0.1, -0.05) is 0 Å². The van der Waals surface area contributed by atoms with Crippen LogP contribution in [0, 0.1) is 0 Å². The molecule has 0 rings (SSSR count). The molecule has 0 aliphatic carbocycles. The minimum Gasteiger partial charge on any atom is -0.460 e. The van der Waals surface area contributed by atoms with E-state index in [1.54, 1.807) is 0 Å². The normalized spacial score (nSPS) is 13.0. The molecule has 0 unspecified atom stereocenters. The van der Waals surface area contributed by atoms with Gasteiger partial charge in [0.15, 0.2) is 11.7 Å². The molecule has 0 amide bonds. The molecular formula is C8H18O10P2. The van der Waals surface area contributed by atoms with Crippen LogP contribution >= 0.6 is 15.2 Å². The van der Waals surface area contributed by atoms with E-state index in [9.17, 15) is 13.9 Å². The van der Waals surface area contributed by atoms with E-state index in [-0.39, 0.29) is 6.61 Å². The van der Waals surface area contributed by atoms with Crippen molar-refractivity contribution in [1.29, 1.82) is 0 Å². The number of esters is 1. The maximum absolute atomic E-state index is 11.3. The summed E-state index contributed by atoms with van der Waals surface area (Å²) in [6.07, 6.45) is -2.04. The predicted molar refractivity (Wildman–Crippen MR) is 65.9 cm³/mol. The summed E-state index contributed by atoms with van der Waals surface area (Å²) < 4.78 is 36.1. The van der Waals surface area contributed by atoms with E-state index in [2.05, 4.69) is 4.74 Å². The van der Waals surface area contributed by atoms with Crippen LogP contribution in [0.5, 0.6) is 0 Å². The van der Waals surface area contributed by atoms with Crippen molar-refractivity contribution in [2.24, 2.45) is 0 Å². The van der Waals surface area contributed by atoms with Crippen molar-refractivity contribution in [1.82, 2.24) is 0 Å². The summed E-state index contributed by atoms with van der Waals surface area (Å²) in [6.45, 7) is -0.248. The van der Waals surface area contributed by atoms with Gasteiger partial charge in [0, 0.05) is 20.6 Å². The number of carbonyl (C=O) groups is 1. The van der Waals surface area contributed by atoms with Crippen LogP contribution in [-0.2, 0) is 28.1 Å². The third kappa shape index (κ3) is 7.47. The van der Waals surface area contributed by atoms with Gasteiger partial charge in [0.05, 0.1) is 0 Å². The Balaban J connectivity index is 4.41. The summed E-state index contributed by atoms with van der Waals surface area (Å²) in [5.41, 5.74) is 0. The fraction of sp³-hybridized carbons (Fsp3) is 0.875. The predicted octanol–water partition coefficient (Wildman–Crippen LogP) is -0.390. The molecule has 0 aromatic carbocycles. The zero-order chi connectivity index (χ0) is 16.0. The summed E-state index contributed by atoms with van der Waals surface area (Å²) in [6, 6.07) is 0. The van der Waals surface area contributed by atoms with Gasteiger partial charge in [-0.05, 0) is 6.42 Å². The molecule has 120 valence electrons. The molecule has 0 saturated carbocycles. The molecule has 10 nitrogen and oxygen atoms in total. The molecule has 0 spiro atoms. The quantitative estimate of drug-likeness (QED) is 0.248. The number of rotatable bonds is 9. The summed E-state index contributed by atoms with van der Waals surface area (Å²) in [5.74, 6) is -0.879. The van der Waals surface area contributed by atoms with Crippen LogP contribution in [0.25, 0.3) is 0 Å². The van der Waals surface area contributed by atoms with Crippen molar-refractivity contribution in [3.63, 3.8) is 0 Å². The van der Waals surface area contributed by atoms with E-state index in [0.29, 0.717) is 0 Å². The largest absolute Gasteiger partial charge is 0.460 e. The van der Waals surface area contributed by atoms with Crippen molar-refractivity contribution in [3.8, 4) is 0 Å². The SMILES string of the molecule is COC(COC(=O)CCC(P(=O)(O)O)P(=O)(O)O)OC. The van der Waals surface area contributed by atoms with Crippen molar-refractivity contribution in [3.05, 3.63) is 0 Å². The van der Waals surface area contributed by atoms with E-state index >= 15 is 0 Å². The van der Waals surface area contributed by atoms with Crippen LogP contribution in [0.3, 0.4) is 0 Å². The molecule has 0 saturated heterocycles. The van der Waals surface area contributed by atoms with E-state index < -0.39 is 45.7 Å². The summed E-state index contributed by atoms with van der Waals surface area (Å²) in [4.78, 5) is 46.7. The smallest absolute Gasteiger partial charge is 0.340 e. The minimum atomic E-state index is -5.02. The lowest BCUT2D eigenvalue weighted by Crippen LogP contribution is -2.23. The average molecular weight is 336 g/mol. The molecule has 0 aliphatic rings. The molecule has 0 radical (unpaired) electrons. The minimum absolute atomic E-state index is 0.248. The molecule has 0 aromatic rings. The maximum atomic E-state index is 11.3. The Hall–Kier alpha value is -0.310. The van der Waals surface area contributed by atoms with E-state index in [1.165, 1.54) is 14.2 Å². The lowest BCUT2D eigenvalue weighted by molar-refractivity contribution is -0.166. The number of hydrogen-bond donors (Lipinski definition) is 4. The first kappa shape index (κ1) is 19.7. The maximum Gasteiger partial charge on any atom is 0.340 e. The molecule has 0 atom stereocenters. The van der Waals surface area contributed by atoms with Crippen LogP contribution in [0.1, 0.15) is 12.8 Å². The summed E-state index contributed by atoms with van der Waals surface area (Å²) >= 11 is 0. The van der Waals surface area contributed by atoms with Gasteiger partial charge in [-0.25, -0.2) is 0 Å². The van der Waals surface area contributed by atoms with Crippen molar-refractivity contribution in [2.75, 3.05) is 20.8 Å². The fourth-order valence-electron chi connectivity index (χ4n) is 1.24. The molecule has 0 bridgehead atoms. The Morgan fingerprint density at radius 2 is 1.50 bits per heavy atom. The second-order valence-electron chi connectivity index (χ2n) is 3.78. The molecule has 0 fully saturated rings.